The average Bonchev–Trinajstić information content (AvgIpc) is 2.43. The van der Waals surface area contributed by atoms with E-state index in [0.717, 1.165) is 0 Å². The molecular formula is C15H24N2O4. The maximum absolute atomic E-state index is 10.7. The summed E-state index contributed by atoms with van der Waals surface area (Å²) in [6.45, 7) is 11.6. The van der Waals surface area contributed by atoms with Gasteiger partial charge in [-0.1, -0.05) is 20.8 Å². The normalized spacial score (nSPS) is 9.95. The maximum atomic E-state index is 10.7. The Morgan fingerprint density at radius 3 is 1.52 bits per heavy atom. The molecule has 0 atom stereocenters. The molecule has 1 aromatic rings. The Kier molecular flexibility index (Phi) is 8.08. The van der Waals surface area contributed by atoms with Gasteiger partial charge in [0.05, 0.1) is 11.1 Å². The molecule has 0 radical (unpaired) electrons. The lowest BCUT2D eigenvalue weighted by atomic mass is 10.0. The number of rotatable bonds is 5. The smallest absolute Gasteiger partial charge is 0.336 e. The van der Waals surface area contributed by atoms with Crippen LogP contribution in [0.15, 0.2) is 12.1 Å². The van der Waals surface area contributed by atoms with Crippen molar-refractivity contribution in [3.05, 3.63) is 28.8 Å². The van der Waals surface area contributed by atoms with E-state index in [9.17, 15) is 9.59 Å². The molecule has 1 rings (SSSR count). The van der Waals surface area contributed by atoms with Gasteiger partial charge in [0.2, 0.25) is 0 Å². The molecule has 0 bridgehead atoms. The average molecular weight is 296 g/mol. The molecule has 0 aliphatic rings. The van der Waals surface area contributed by atoms with Gasteiger partial charge in [0.1, 0.15) is 0 Å². The van der Waals surface area contributed by atoms with Crippen LogP contribution >= 0.6 is 0 Å². The third-order valence-corrected chi connectivity index (χ3v) is 3.23. The van der Waals surface area contributed by atoms with Crippen molar-refractivity contribution in [3.8, 4) is 0 Å². The number of nitrogen functional groups attached to an aromatic ring is 1. The fourth-order valence-corrected chi connectivity index (χ4v) is 1.85. The summed E-state index contributed by atoms with van der Waals surface area (Å²) in [5.74, 6) is -2.37. The number of hydrogen-bond donors (Lipinski definition) is 3. The summed E-state index contributed by atoms with van der Waals surface area (Å²) in [5, 5.41) is 17.5. The van der Waals surface area contributed by atoms with Crippen LogP contribution in [0.4, 0.5) is 5.69 Å². The van der Waals surface area contributed by atoms with Crippen molar-refractivity contribution >= 4 is 17.6 Å². The van der Waals surface area contributed by atoms with Crippen molar-refractivity contribution in [1.29, 1.82) is 0 Å². The molecule has 21 heavy (non-hydrogen) atoms. The van der Waals surface area contributed by atoms with Crippen LogP contribution in [0.3, 0.4) is 0 Å². The Bertz CT molecular complexity index is 456. The lowest BCUT2D eigenvalue weighted by molar-refractivity contribution is 0.0696. The summed E-state index contributed by atoms with van der Waals surface area (Å²) in [4.78, 5) is 23.8. The third-order valence-electron chi connectivity index (χ3n) is 3.23. The van der Waals surface area contributed by atoms with Gasteiger partial charge in [-0.25, -0.2) is 9.59 Å². The van der Waals surface area contributed by atoms with E-state index in [2.05, 4.69) is 25.7 Å². The second kappa shape index (κ2) is 8.97. The molecule has 0 heterocycles. The molecule has 0 saturated heterocycles. The first kappa shape index (κ1) is 18.9. The molecule has 0 aliphatic carbocycles. The van der Waals surface area contributed by atoms with Gasteiger partial charge in [0.15, 0.2) is 0 Å². The topological polar surface area (TPSA) is 104 Å². The van der Waals surface area contributed by atoms with Gasteiger partial charge in [0.25, 0.3) is 0 Å². The van der Waals surface area contributed by atoms with Crippen LogP contribution in [-0.4, -0.2) is 46.7 Å². The fourth-order valence-electron chi connectivity index (χ4n) is 1.85. The van der Waals surface area contributed by atoms with Crippen molar-refractivity contribution in [2.24, 2.45) is 0 Å². The number of carbonyl (C=O) groups is 2. The van der Waals surface area contributed by atoms with Gasteiger partial charge in [0, 0.05) is 5.69 Å². The predicted molar refractivity (Wildman–Crippen MR) is 83.0 cm³/mol. The highest BCUT2D eigenvalue weighted by Gasteiger charge is 2.15. The van der Waals surface area contributed by atoms with E-state index in [-0.39, 0.29) is 22.4 Å². The van der Waals surface area contributed by atoms with Crippen LogP contribution in [0.1, 0.15) is 47.1 Å². The van der Waals surface area contributed by atoms with Gasteiger partial charge in [-0.15, -0.1) is 0 Å². The van der Waals surface area contributed by atoms with Crippen molar-refractivity contribution < 1.29 is 19.8 Å². The minimum absolute atomic E-state index is 0.0811. The fraction of sp³-hybridized carbons (Fsp3) is 0.467. The molecule has 0 saturated carbocycles. The molecule has 0 spiro atoms. The second-order valence-corrected chi connectivity index (χ2v) is 4.47. The van der Waals surface area contributed by atoms with Crippen LogP contribution < -0.4 is 5.73 Å². The summed E-state index contributed by atoms with van der Waals surface area (Å²) in [5.41, 5.74) is 5.55. The zero-order valence-electron chi connectivity index (χ0n) is 13.0. The van der Waals surface area contributed by atoms with Gasteiger partial charge in [-0.2, -0.15) is 0 Å². The summed E-state index contributed by atoms with van der Waals surface area (Å²) >= 11 is 0. The Hall–Kier alpha value is -2.08. The van der Waals surface area contributed by atoms with E-state index in [1.807, 2.05) is 0 Å². The van der Waals surface area contributed by atoms with Gasteiger partial charge < -0.3 is 20.8 Å². The summed E-state index contributed by atoms with van der Waals surface area (Å²) in [6, 6.07) is 2.48. The highest BCUT2D eigenvalue weighted by Crippen LogP contribution is 2.18. The van der Waals surface area contributed by atoms with Gasteiger partial charge in [-0.05, 0) is 44.3 Å². The van der Waals surface area contributed by atoms with Crippen molar-refractivity contribution in [2.75, 3.05) is 25.4 Å². The maximum Gasteiger partial charge on any atom is 0.336 e. The first-order valence-electron chi connectivity index (χ1n) is 6.87. The number of nitrogens with two attached hydrogens (primary N) is 1. The van der Waals surface area contributed by atoms with E-state index in [0.29, 0.717) is 0 Å². The first-order valence-corrected chi connectivity index (χ1v) is 6.87. The molecule has 1 aromatic carbocycles. The number of anilines is 1. The van der Waals surface area contributed by atoms with Crippen LogP contribution in [0, 0.1) is 6.92 Å². The van der Waals surface area contributed by atoms with Crippen LogP contribution in [0.25, 0.3) is 0 Å². The monoisotopic (exact) mass is 296 g/mol. The molecule has 0 unspecified atom stereocenters. The molecule has 0 fully saturated rings. The SMILES string of the molecule is CCN(CC)CC.Cc1c(C(=O)O)cc(N)cc1C(=O)O. The molecule has 4 N–H and O–H groups in total. The number of benzene rings is 1. The predicted octanol–water partition coefficient (Wildman–Crippen LogP) is 2.32. The van der Waals surface area contributed by atoms with Crippen LogP contribution in [0.5, 0.6) is 0 Å². The zero-order chi connectivity index (χ0) is 16.6. The minimum atomic E-state index is -1.18. The highest BCUT2D eigenvalue weighted by molar-refractivity contribution is 5.97. The molecular weight excluding hydrogens is 272 g/mol. The number of nitrogens with zero attached hydrogens (tertiary/aromatic N) is 1. The Morgan fingerprint density at radius 1 is 1.00 bits per heavy atom. The van der Waals surface area contributed by atoms with Crippen LogP contribution in [-0.2, 0) is 0 Å². The van der Waals surface area contributed by atoms with E-state index < -0.39 is 11.9 Å². The van der Waals surface area contributed by atoms with Gasteiger partial charge in [-0.3, -0.25) is 0 Å². The number of aromatic carboxylic acids is 2. The lowest BCUT2D eigenvalue weighted by Gasteiger charge is -2.13. The van der Waals surface area contributed by atoms with Crippen molar-refractivity contribution in [3.63, 3.8) is 0 Å². The van der Waals surface area contributed by atoms with E-state index in [1.54, 1.807) is 0 Å². The first-order chi connectivity index (χ1) is 9.78. The Morgan fingerprint density at radius 2 is 1.33 bits per heavy atom. The quantitative estimate of drug-likeness (QED) is 0.720. The Balaban J connectivity index is 0.000000486. The van der Waals surface area contributed by atoms with Gasteiger partial charge >= 0.3 is 11.9 Å². The molecule has 6 heteroatoms. The van der Waals surface area contributed by atoms with Crippen molar-refractivity contribution in [2.45, 2.75) is 27.7 Å². The molecule has 0 amide bonds. The largest absolute Gasteiger partial charge is 0.478 e. The summed E-state index contributed by atoms with van der Waals surface area (Å²) in [7, 11) is 0. The minimum Gasteiger partial charge on any atom is -0.478 e. The van der Waals surface area contributed by atoms with Crippen molar-refractivity contribution in [1.82, 2.24) is 4.90 Å². The van der Waals surface area contributed by atoms with E-state index in [4.69, 9.17) is 15.9 Å². The summed E-state index contributed by atoms with van der Waals surface area (Å²) in [6.07, 6.45) is 0. The molecule has 0 aromatic heterocycles. The summed E-state index contributed by atoms with van der Waals surface area (Å²) < 4.78 is 0. The van der Waals surface area contributed by atoms with E-state index >= 15 is 0 Å². The lowest BCUT2D eigenvalue weighted by Crippen LogP contribution is -2.21. The zero-order valence-corrected chi connectivity index (χ0v) is 13.0. The number of carboxylic acids is 2. The number of hydrogen-bond acceptors (Lipinski definition) is 4. The van der Waals surface area contributed by atoms with Crippen LogP contribution in [0.2, 0.25) is 0 Å². The highest BCUT2D eigenvalue weighted by atomic mass is 16.4. The molecule has 118 valence electrons. The number of carboxylic acid groups (broad SMARTS) is 2. The molecule has 6 nitrogen and oxygen atoms in total. The third kappa shape index (κ3) is 5.83. The van der Waals surface area contributed by atoms with E-state index in [1.165, 1.54) is 38.7 Å². The molecule has 0 aliphatic heterocycles. The standard InChI is InChI=1S/C9H9NO4.C6H15N/c1-4-6(8(11)12)2-5(10)3-7(4)9(13)14;1-4-7(5-2)6-3/h2-3H,10H2,1H3,(H,11,12)(H,13,14);4-6H2,1-3H3. The second-order valence-electron chi connectivity index (χ2n) is 4.47. The Labute approximate surface area is 125 Å².